The zero-order valence-electron chi connectivity index (χ0n) is 11.3. The quantitative estimate of drug-likeness (QED) is 0.694. The van der Waals surface area contributed by atoms with Crippen molar-refractivity contribution in [1.82, 2.24) is 0 Å². The van der Waals surface area contributed by atoms with Crippen molar-refractivity contribution >= 4 is 0 Å². The Balaban J connectivity index is 2.57. The van der Waals surface area contributed by atoms with Gasteiger partial charge in [0.1, 0.15) is 17.1 Å². The van der Waals surface area contributed by atoms with Crippen molar-refractivity contribution in [3.05, 3.63) is 35.4 Å². The van der Waals surface area contributed by atoms with Crippen LogP contribution in [0.4, 0.5) is 0 Å². The van der Waals surface area contributed by atoms with Crippen LogP contribution in [0.25, 0.3) is 0 Å². The number of aliphatic hydroxyl groups excluding tert-OH is 1. The number of phenols is 1. The van der Waals surface area contributed by atoms with Gasteiger partial charge >= 0.3 is 0 Å². The molecule has 0 aromatic heterocycles. The van der Waals surface area contributed by atoms with Crippen LogP contribution in [0.5, 0.6) is 11.5 Å². The summed E-state index contributed by atoms with van der Waals surface area (Å²) in [5.74, 6) is 0.851. The van der Waals surface area contributed by atoms with Gasteiger partial charge < -0.3 is 14.9 Å². The third kappa shape index (κ3) is 2.36. The van der Waals surface area contributed by atoms with E-state index in [1.807, 2.05) is 39.8 Å². The van der Waals surface area contributed by atoms with Crippen LogP contribution in [-0.2, 0) is 0 Å². The van der Waals surface area contributed by atoms with Crippen molar-refractivity contribution in [2.75, 3.05) is 0 Å². The van der Waals surface area contributed by atoms with E-state index in [-0.39, 0.29) is 11.7 Å². The number of benzene rings is 1. The lowest BCUT2D eigenvalue weighted by atomic mass is 9.90. The first-order valence-corrected chi connectivity index (χ1v) is 6.20. The van der Waals surface area contributed by atoms with E-state index >= 15 is 0 Å². The molecule has 3 heteroatoms. The summed E-state index contributed by atoms with van der Waals surface area (Å²) in [4.78, 5) is 0. The molecule has 98 valence electrons. The van der Waals surface area contributed by atoms with Gasteiger partial charge in [0, 0.05) is 11.5 Å². The summed E-state index contributed by atoms with van der Waals surface area (Å²) in [6.45, 7) is 7.64. The van der Waals surface area contributed by atoms with E-state index in [0.29, 0.717) is 0 Å². The summed E-state index contributed by atoms with van der Waals surface area (Å²) in [5, 5.41) is 19.9. The third-order valence-electron chi connectivity index (χ3n) is 3.40. The third-order valence-corrected chi connectivity index (χ3v) is 3.40. The highest BCUT2D eigenvalue weighted by Crippen LogP contribution is 2.38. The molecule has 2 atom stereocenters. The van der Waals surface area contributed by atoms with Crippen LogP contribution in [-0.4, -0.2) is 21.9 Å². The van der Waals surface area contributed by atoms with Crippen LogP contribution < -0.4 is 4.74 Å². The summed E-state index contributed by atoms with van der Waals surface area (Å²) in [6.07, 6.45) is 3.05. The van der Waals surface area contributed by atoms with Gasteiger partial charge in [-0.05, 0) is 44.5 Å². The van der Waals surface area contributed by atoms with E-state index in [1.165, 1.54) is 0 Å². The molecule has 0 saturated heterocycles. The maximum Gasteiger partial charge on any atom is 0.124 e. The first kappa shape index (κ1) is 13.0. The fourth-order valence-corrected chi connectivity index (χ4v) is 2.13. The zero-order valence-corrected chi connectivity index (χ0v) is 11.3. The second-order valence-corrected chi connectivity index (χ2v) is 5.52. The number of fused-ring (bicyclic) bond motifs is 1. The molecule has 2 unspecified atom stereocenters. The zero-order chi connectivity index (χ0) is 13.5. The maximum atomic E-state index is 10.1. The smallest absolute Gasteiger partial charge is 0.124 e. The van der Waals surface area contributed by atoms with E-state index in [9.17, 15) is 10.2 Å². The summed E-state index contributed by atoms with van der Waals surface area (Å²) < 4.78 is 5.97. The van der Waals surface area contributed by atoms with Crippen LogP contribution in [0, 0.1) is 6.92 Å². The minimum atomic E-state index is -0.575. The molecule has 0 amide bonds. The molecule has 0 fully saturated rings. The van der Waals surface area contributed by atoms with Gasteiger partial charge in [-0.3, -0.25) is 0 Å². The van der Waals surface area contributed by atoms with Crippen LogP contribution in [0.1, 0.15) is 37.8 Å². The minimum Gasteiger partial charge on any atom is -0.508 e. The average Bonchev–Trinajstić information content (AvgIpc) is 2.28. The normalized spacial score (nSPS) is 25.8. The average molecular weight is 248 g/mol. The molecule has 3 nitrogen and oxygen atoms in total. The van der Waals surface area contributed by atoms with E-state index in [0.717, 1.165) is 16.9 Å². The second-order valence-electron chi connectivity index (χ2n) is 5.52. The molecule has 18 heavy (non-hydrogen) atoms. The van der Waals surface area contributed by atoms with Crippen LogP contribution in [0.3, 0.4) is 0 Å². The number of aliphatic hydroxyl groups is 1. The highest BCUT2D eigenvalue weighted by atomic mass is 16.5. The van der Waals surface area contributed by atoms with E-state index in [4.69, 9.17) is 4.74 Å². The van der Waals surface area contributed by atoms with E-state index < -0.39 is 11.7 Å². The maximum absolute atomic E-state index is 10.1. The number of phenolic OH excluding ortho intramolecular Hbond substituents is 1. The van der Waals surface area contributed by atoms with Gasteiger partial charge in [0.05, 0.1) is 6.10 Å². The molecule has 1 aliphatic heterocycles. The molecule has 1 aromatic carbocycles. The van der Waals surface area contributed by atoms with Crippen molar-refractivity contribution in [2.24, 2.45) is 0 Å². The van der Waals surface area contributed by atoms with Crippen LogP contribution in [0.15, 0.2) is 24.3 Å². The van der Waals surface area contributed by atoms with E-state index in [2.05, 4.69) is 0 Å². The largest absolute Gasteiger partial charge is 0.508 e. The van der Waals surface area contributed by atoms with Crippen molar-refractivity contribution in [3.8, 4) is 11.5 Å². The van der Waals surface area contributed by atoms with Crippen molar-refractivity contribution < 1.29 is 14.9 Å². The van der Waals surface area contributed by atoms with Gasteiger partial charge in [0.15, 0.2) is 0 Å². The fourth-order valence-electron chi connectivity index (χ4n) is 2.13. The number of aromatic hydroxyl groups is 1. The van der Waals surface area contributed by atoms with Crippen LogP contribution in [0.2, 0.25) is 0 Å². The molecule has 0 bridgehead atoms. The SMILES string of the molecule is Cc1cc2c(cc1O)C(C)C(O)C=CC(C)(C)O2. The Hall–Kier alpha value is -1.48. The molecule has 2 rings (SSSR count). The van der Waals surface area contributed by atoms with Crippen molar-refractivity contribution in [2.45, 2.75) is 45.3 Å². The molecule has 0 spiro atoms. The Labute approximate surface area is 108 Å². The Morgan fingerprint density at radius 3 is 2.61 bits per heavy atom. The molecule has 0 aliphatic carbocycles. The van der Waals surface area contributed by atoms with Crippen molar-refractivity contribution in [3.63, 3.8) is 0 Å². The fraction of sp³-hybridized carbons (Fsp3) is 0.467. The first-order valence-electron chi connectivity index (χ1n) is 6.20. The highest BCUT2D eigenvalue weighted by molar-refractivity contribution is 5.48. The van der Waals surface area contributed by atoms with Gasteiger partial charge in [0.25, 0.3) is 0 Å². The minimum absolute atomic E-state index is 0.112. The summed E-state index contributed by atoms with van der Waals surface area (Å²) >= 11 is 0. The van der Waals surface area contributed by atoms with Gasteiger partial charge in [-0.2, -0.15) is 0 Å². The molecule has 1 aromatic rings. The lowest BCUT2D eigenvalue weighted by molar-refractivity contribution is 0.139. The topological polar surface area (TPSA) is 49.7 Å². The molecule has 0 radical (unpaired) electrons. The van der Waals surface area contributed by atoms with E-state index in [1.54, 1.807) is 12.1 Å². The molecule has 1 aliphatic rings. The Kier molecular flexibility index (Phi) is 3.11. The Morgan fingerprint density at radius 1 is 1.28 bits per heavy atom. The second kappa shape index (κ2) is 4.32. The van der Waals surface area contributed by atoms with Crippen molar-refractivity contribution in [1.29, 1.82) is 0 Å². The molecule has 0 saturated carbocycles. The molecular weight excluding hydrogens is 228 g/mol. The number of aryl methyl sites for hydroxylation is 1. The summed E-state index contributed by atoms with van der Waals surface area (Å²) in [5.41, 5.74) is 1.14. The monoisotopic (exact) mass is 248 g/mol. The number of hydrogen-bond donors (Lipinski definition) is 2. The predicted octanol–water partition coefficient (Wildman–Crippen LogP) is 2.89. The number of ether oxygens (including phenoxy) is 1. The number of hydrogen-bond acceptors (Lipinski definition) is 3. The summed E-state index contributed by atoms with van der Waals surface area (Å²) in [7, 11) is 0. The Morgan fingerprint density at radius 2 is 1.94 bits per heavy atom. The standard InChI is InChI=1S/C15H20O3/c1-9-7-14-11(8-13(9)17)10(2)12(16)5-6-15(3,4)18-14/h5-8,10,12,16-17H,1-4H3. The van der Waals surface area contributed by atoms with Gasteiger partial charge in [0.2, 0.25) is 0 Å². The molecule has 2 N–H and O–H groups in total. The number of rotatable bonds is 0. The van der Waals surface area contributed by atoms with Gasteiger partial charge in [-0.25, -0.2) is 0 Å². The van der Waals surface area contributed by atoms with Crippen LogP contribution >= 0.6 is 0 Å². The Bertz CT molecular complexity index is 489. The van der Waals surface area contributed by atoms with Gasteiger partial charge in [-0.15, -0.1) is 0 Å². The lowest BCUT2D eigenvalue weighted by Crippen LogP contribution is -2.29. The molecular formula is C15H20O3. The predicted molar refractivity (Wildman–Crippen MR) is 71.1 cm³/mol. The summed E-state index contributed by atoms with van der Waals surface area (Å²) in [6, 6.07) is 3.52. The molecule has 1 heterocycles. The lowest BCUT2D eigenvalue weighted by Gasteiger charge is -2.30. The highest BCUT2D eigenvalue weighted by Gasteiger charge is 2.27. The first-order chi connectivity index (χ1) is 8.30. The van der Waals surface area contributed by atoms with Gasteiger partial charge in [-0.1, -0.05) is 13.0 Å².